The van der Waals surface area contributed by atoms with E-state index in [2.05, 4.69) is 21.2 Å². The summed E-state index contributed by atoms with van der Waals surface area (Å²) < 4.78 is 12.0. The van der Waals surface area contributed by atoms with E-state index < -0.39 is 0 Å². The molecule has 124 valence electrons. The topological polar surface area (TPSA) is 51.5 Å². The van der Waals surface area contributed by atoms with Gasteiger partial charge in [-0.2, -0.15) is 0 Å². The number of fused-ring (bicyclic) bond motifs is 1. The maximum absolute atomic E-state index is 11.9. The largest absolute Gasteiger partial charge is 0.494 e. The van der Waals surface area contributed by atoms with Crippen molar-refractivity contribution < 1.29 is 13.9 Å². The molecule has 1 amide bonds. The quantitative estimate of drug-likeness (QED) is 0.599. The number of hydrogen-bond donors (Lipinski definition) is 1. The number of amides is 1. The number of rotatable bonds is 7. The molecular weight excluding hydrogens is 370 g/mol. The lowest BCUT2D eigenvalue weighted by Gasteiger charge is -2.07. The van der Waals surface area contributed by atoms with Crippen LogP contribution < -0.4 is 10.1 Å². The summed E-state index contributed by atoms with van der Waals surface area (Å²) in [7, 11) is 0. The van der Waals surface area contributed by atoms with Crippen LogP contribution in [-0.4, -0.2) is 12.5 Å². The molecule has 0 saturated carbocycles. The Morgan fingerprint density at radius 3 is 2.79 bits per heavy atom. The fraction of sp³-hybridized carbons (Fsp3) is 0.211. The fourth-order valence-electron chi connectivity index (χ4n) is 2.35. The van der Waals surface area contributed by atoms with Gasteiger partial charge in [0.15, 0.2) is 0 Å². The van der Waals surface area contributed by atoms with Crippen molar-refractivity contribution >= 4 is 32.8 Å². The Labute approximate surface area is 148 Å². The molecule has 3 aromatic rings. The maximum atomic E-state index is 11.9. The van der Waals surface area contributed by atoms with E-state index in [9.17, 15) is 4.79 Å². The second-order valence-electron chi connectivity index (χ2n) is 5.48. The highest BCUT2D eigenvalue weighted by Crippen LogP contribution is 2.17. The highest BCUT2D eigenvalue weighted by Gasteiger charge is 2.04. The van der Waals surface area contributed by atoms with Crippen LogP contribution in [-0.2, 0) is 11.3 Å². The first kappa shape index (κ1) is 16.6. The molecule has 0 atom stereocenters. The van der Waals surface area contributed by atoms with Crippen LogP contribution in [0, 0.1) is 0 Å². The van der Waals surface area contributed by atoms with Crippen molar-refractivity contribution in [2.45, 2.75) is 19.4 Å². The molecule has 0 unspecified atom stereocenters. The lowest BCUT2D eigenvalue weighted by atomic mass is 10.1. The molecule has 0 saturated heterocycles. The Hall–Kier alpha value is -2.27. The van der Waals surface area contributed by atoms with E-state index in [0.717, 1.165) is 26.8 Å². The van der Waals surface area contributed by atoms with Crippen LogP contribution in [0.3, 0.4) is 0 Å². The predicted molar refractivity (Wildman–Crippen MR) is 96.9 cm³/mol. The summed E-state index contributed by atoms with van der Waals surface area (Å²) >= 11 is 3.38. The van der Waals surface area contributed by atoms with Crippen LogP contribution in [0.25, 0.3) is 11.0 Å². The van der Waals surface area contributed by atoms with Gasteiger partial charge in [-0.15, -0.1) is 0 Å². The van der Waals surface area contributed by atoms with E-state index in [0.29, 0.717) is 26.0 Å². The van der Waals surface area contributed by atoms with Crippen molar-refractivity contribution in [2.75, 3.05) is 6.61 Å². The molecule has 1 heterocycles. The van der Waals surface area contributed by atoms with Gasteiger partial charge in [0.25, 0.3) is 0 Å². The van der Waals surface area contributed by atoms with E-state index >= 15 is 0 Å². The fourth-order valence-corrected chi connectivity index (χ4v) is 2.62. The minimum atomic E-state index is 0.0222. The van der Waals surface area contributed by atoms with Crippen LogP contribution in [0.2, 0.25) is 0 Å². The molecular formula is C19H18BrNO3. The van der Waals surface area contributed by atoms with Gasteiger partial charge in [-0.05, 0) is 48.4 Å². The number of hydrogen-bond acceptors (Lipinski definition) is 3. The molecule has 1 N–H and O–H groups in total. The number of furan rings is 1. The first-order chi connectivity index (χ1) is 11.7. The molecule has 0 radical (unpaired) electrons. The summed E-state index contributed by atoms with van der Waals surface area (Å²) in [5.41, 5.74) is 1.86. The van der Waals surface area contributed by atoms with E-state index in [1.807, 2.05) is 48.5 Å². The summed E-state index contributed by atoms with van der Waals surface area (Å²) in [5, 5.41) is 3.98. The molecule has 4 nitrogen and oxygen atoms in total. The van der Waals surface area contributed by atoms with Crippen LogP contribution in [0.1, 0.15) is 18.4 Å². The average molecular weight is 388 g/mol. The first-order valence-electron chi connectivity index (χ1n) is 7.82. The number of carbonyl (C=O) groups excluding carboxylic acids is 1. The lowest BCUT2D eigenvalue weighted by Crippen LogP contribution is -2.22. The van der Waals surface area contributed by atoms with Gasteiger partial charge in [-0.25, -0.2) is 0 Å². The number of nitrogens with one attached hydrogen (secondary N) is 1. The van der Waals surface area contributed by atoms with E-state index in [1.165, 1.54) is 0 Å². The van der Waals surface area contributed by atoms with Crippen LogP contribution in [0.4, 0.5) is 0 Å². The second kappa shape index (κ2) is 8.02. The van der Waals surface area contributed by atoms with Crippen molar-refractivity contribution in [3.05, 3.63) is 64.8 Å². The first-order valence-corrected chi connectivity index (χ1v) is 8.61. The highest BCUT2D eigenvalue weighted by molar-refractivity contribution is 9.10. The van der Waals surface area contributed by atoms with E-state index in [1.54, 1.807) is 6.26 Å². The Kier molecular flexibility index (Phi) is 5.54. The average Bonchev–Trinajstić information content (AvgIpc) is 3.06. The van der Waals surface area contributed by atoms with Gasteiger partial charge in [0.05, 0.1) is 12.9 Å². The number of halogens is 1. The van der Waals surface area contributed by atoms with Gasteiger partial charge in [0, 0.05) is 22.8 Å². The second-order valence-corrected chi connectivity index (χ2v) is 6.39. The summed E-state index contributed by atoms with van der Waals surface area (Å²) in [6, 6.07) is 15.5. The van der Waals surface area contributed by atoms with Crippen LogP contribution in [0.5, 0.6) is 5.75 Å². The molecule has 0 fully saturated rings. The van der Waals surface area contributed by atoms with Crippen LogP contribution in [0.15, 0.2) is 63.7 Å². The van der Waals surface area contributed by atoms with Gasteiger partial charge >= 0.3 is 0 Å². The number of benzene rings is 2. The van der Waals surface area contributed by atoms with Crippen molar-refractivity contribution in [2.24, 2.45) is 0 Å². The SMILES string of the molecule is O=C(CCCOc1ccc(Br)cc1)NCc1ccc2ccoc2c1. The number of ether oxygens (including phenoxy) is 1. The summed E-state index contributed by atoms with van der Waals surface area (Å²) in [4.78, 5) is 11.9. The summed E-state index contributed by atoms with van der Waals surface area (Å²) in [6.45, 7) is 1.02. The molecule has 0 spiro atoms. The van der Waals surface area contributed by atoms with E-state index in [4.69, 9.17) is 9.15 Å². The zero-order valence-corrected chi connectivity index (χ0v) is 14.7. The molecule has 0 aliphatic carbocycles. The van der Waals surface area contributed by atoms with Crippen molar-refractivity contribution in [1.29, 1.82) is 0 Å². The van der Waals surface area contributed by atoms with Gasteiger partial charge in [-0.1, -0.05) is 28.1 Å². The summed E-state index contributed by atoms with van der Waals surface area (Å²) in [5.74, 6) is 0.833. The Balaban J connectivity index is 1.37. The predicted octanol–water partition coefficient (Wildman–Crippen LogP) is 4.67. The van der Waals surface area contributed by atoms with Gasteiger partial charge in [0.1, 0.15) is 11.3 Å². The Morgan fingerprint density at radius 1 is 1.12 bits per heavy atom. The zero-order valence-electron chi connectivity index (χ0n) is 13.1. The van der Waals surface area contributed by atoms with Gasteiger partial charge in [0.2, 0.25) is 5.91 Å². The molecule has 24 heavy (non-hydrogen) atoms. The van der Waals surface area contributed by atoms with Crippen molar-refractivity contribution in [3.8, 4) is 5.75 Å². The molecule has 0 bridgehead atoms. The molecule has 1 aromatic heterocycles. The molecule has 2 aromatic carbocycles. The van der Waals surface area contributed by atoms with Crippen LogP contribution >= 0.6 is 15.9 Å². The maximum Gasteiger partial charge on any atom is 0.220 e. The van der Waals surface area contributed by atoms with Crippen molar-refractivity contribution in [3.63, 3.8) is 0 Å². The minimum Gasteiger partial charge on any atom is -0.494 e. The standard InChI is InChI=1S/C19H18BrNO3/c20-16-5-7-17(8-6-16)23-10-1-2-19(22)21-13-14-3-4-15-9-11-24-18(15)12-14/h3-9,11-12H,1-2,10,13H2,(H,21,22). The Bertz CT molecular complexity index is 811. The van der Waals surface area contributed by atoms with E-state index in [-0.39, 0.29) is 5.91 Å². The lowest BCUT2D eigenvalue weighted by molar-refractivity contribution is -0.121. The normalized spacial score (nSPS) is 10.7. The Morgan fingerprint density at radius 2 is 1.96 bits per heavy atom. The van der Waals surface area contributed by atoms with Crippen molar-refractivity contribution in [1.82, 2.24) is 5.32 Å². The van der Waals surface area contributed by atoms with Gasteiger partial charge < -0.3 is 14.5 Å². The smallest absolute Gasteiger partial charge is 0.220 e. The highest BCUT2D eigenvalue weighted by atomic mass is 79.9. The zero-order chi connectivity index (χ0) is 16.8. The third-order valence-corrected chi connectivity index (χ3v) is 4.17. The van der Waals surface area contributed by atoms with Gasteiger partial charge in [-0.3, -0.25) is 4.79 Å². The third kappa shape index (κ3) is 4.61. The number of carbonyl (C=O) groups is 1. The minimum absolute atomic E-state index is 0.0222. The summed E-state index contributed by atoms with van der Waals surface area (Å²) in [6.07, 6.45) is 2.79. The molecule has 3 rings (SSSR count). The monoisotopic (exact) mass is 387 g/mol. The molecule has 0 aliphatic heterocycles. The molecule has 5 heteroatoms. The molecule has 0 aliphatic rings. The third-order valence-electron chi connectivity index (χ3n) is 3.64.